The second-order valence-electron chi connectivity index (χ2n) is 9.06. The van der Waals surface area contributed by atoms with E-state index in [1.54, 1.807) is 6.08 Å². The Bertz CT molecular complexity index is 978. The van der Waals surface area contributed by atoms with Crippen LogP contribution in [-0.4, -0.2) is 61.0 Å². The average Bonchev–Trinajstić information content (AvgIpc) is 3.10. The van der Waals surface area contributed by atoms with Crippen LogP contribution in [0.3, 0.4) is 0 Å². The van der Waals surface area contributed by atoms with Crippen molar-refractivity contribution in [2.75, 3.05) is 50.8 Å². The average molecular weight is 414 g/mol. The van der Waals surface area contributed by atoms with Crippen LogP contribution in [0.5, 0.6) is 0 Å². The zero-order valence-electron chi connectivity index (χ0n) is 19.8. The van der Waals surface area contributed by atoms with Crippen LogP contribution in [0.15, 0.2) is 36.7 Å². The fourth-order valence-corrected chi connectivity index (χ4v) is 5.24. The topological polar surface area (TPSA) is 35.5 Å². The Morgan fingerprint density at radius 2 is 2.00 bits per heavy atom. The molecule has 0 saturated carbocycles. The van der Waals surface area contributed by atoms with E-state index in [4.69, 9.17) is 2.74 Å². The number of aromatic nitrogens is 1. The zero-order chi connectivity index (χ0) is 22.3. The molecule has 2 N–H and O–H groups in total. The number of fused-ring (bicyclic) bond motifs is 1. The third-order valence-electron chi connectivity index (χ3n) is 6.99. The predicted molar refractivity (Wildman–Crippen MR) is 122 cm³/mol. The third kappa shape index (κ3) is 4.01. The first-order valence-corrected chi connectivity index (χ1v) is 11.2. The largest absolute Gasteiger partial charge is 0.350 e. The number of likely N-dealkylation sites (tertiary alicyclic amines) is 1. The molecule has 2 saturated heterocycles. The third-order valence-corrected chi connectivity index (χ3v) is 6.99. The SMILES string of the molecule is [2H]C1C=CN(c2ccc3c(C4CCN(CC5(F)CCNCC5)CC4)cn(C)c3c2)C([2H])N1. The van der Waals surface area contributed by atoms with Gasteiger partial charge in [-0.15, -0.1) is 0 Å². The molecule has 2 fully saturated rings. The minimum Gasteiger partial charge on any atom is -0.350 e. The Hall–Kier alpha value is -1.89. The molecule has 0 aliphatic carbocycles. The van der Waals surface area contributed by atoms with Gasteiger partial charge < -0.3 is 19.7 Å². The Morgan fingerprint density at radius 3 is 2.77 bits per heavy atom. The van der Waals surface area contributed by atoms with E-state index in [0.717, 1.165) is 50.2 Å². The van der Waals surface area contributed by atoms with Gasteiger partial charge in [-0.2, -0.15) is 0 Å². The summed E-state index contributed by atoms with van der Waals surface area (Å²) < 4.78 is 33.3. The normalized spacial score (nSPS) is 29.2. The van der Waals surface area contributed by atoms with Crippen LogP contribution in [0, 0.1) is 0 Å². The van der Waals surface area contributed by atoms with Gasteiger partial charge in [0.15, 0.2) is 0 Å². The number of nitrogens with one attached hydrogen (secondary N) is 2. The summed E-state index contributed by atoms with van der Waals surface area (Å²) in [5.41, 5.74) is 2.46. The van der Waals surface area contributed by atoms with Crippen molar-refractivity contribution in [3.8, 4) is 0 Å². The lowest BCUT2D eigenvalue weighted by Gasteiger charge is -2.38. The Kier molecular flexibility index (Phi) is 4.93. The summed E-state index contributed by atoms with van der Waals surface area (Å²) >= 11 is 0. The maximum absolute atomic E-state index is 15.1. The van der Waals surface area contributed by atoms with Gasteiger partial charge in [0.05, 0.1) is 13.5 Å². The smallest absolute Gasteiger partial charge is 0.126 e. The van der Waals surface area contributed by atoms with Gasteiger partial charge in [-0.1, -0.05) is 12.1 Å². The van der Waals surface area contributed by atoms with Gasteiger partial charge in [-0.3, -0.25) is 5.32 Å². The molecule has 3 aliphatic rings. The van der Waals surface area contributed by atoms with Gasteiger partial charge in [-0.05, 0) is 75.5 Å². The van der Waals surface area contributed by atoms with Crippen LogP contribution in [0.25, 0.3) is 10.9 Å². The van der Waals surface area contributed by atoms with Gasteiger partial charge >= 0.3 is 0 Å². The van der Waals surface area contributed by atoms with Crippen molar-refractivity contribution in [3.05, 3.63) is 42.2 Å². The number of piperidine rings is 2. The van der Waals surface area contributed by atoms with Crippen molar-refractivity contribution in [3.63, 3.8) is 0 Å². The maximum Gasteiger partial charge on any atom is 0.126 e. The molecule has 0 amide bonds. The van der Waals surface area contributed by atoms with Crippen molar-refractivity contribution in [1.82, 2.24) is 20.1 Å². The number of nitrogens with zero attached hydrogens (tertiary/aromatic N) is 3. The Morgan fingerprint density at radius 1 is 1.20 bits per heavy atom. The minimum absolute atomic E-state index is 0.494. The highest BCUT2D eigenvalue weighted by molar-refractivity contribution is 5.87. The highest BCUT2D eigenvalue weighted by Crippen LogP contribution is 2.36. The highest BCUT2D eigenvalue weighted by Gasteiger charge is 2.35. The monoisotopic (exact) mass is 413 g/mol. The van der Waals surface area contributed by atoms with E-state index in [1.807, 2.05) is 11.1 Å². The van der Waals surface area contributed by atoms with E-state index < -0.39 is 18.8 Å². The van der Waals surface area contributed by atoms with Crippen LogP contribution in [0.1, 0.15) is 39.9 Å². The molecule has 0 bridgehead atoms. The number of aryl methyl sites for hydroxylation is 1. The molecular formula is C24H34FN5. The van der Waals surface area contributed by atoms with Crippen molar-refractivity contribution < 1.29 is 7.13 Å². The van der Waals surface area contributed by atoms with Gasteiger partial charge in [-0.25, -0.2) is 4.39 Å². The number of anilines is 1. The molecule has 1 aromatic heterocycles. The van der Waals surface area contributed by atoms with E-state index in [-0.39, 0.29) is 0 Å². The molecule has 0 radical (unpaired) electrons. The molecule has 162 valence electrons. The molecule has 2 aromatic rings. The van der Waals surface area contributed by atoms with E-state index in [0.29, 0.717) is 25.3 Å². The standard InChI is InChI=1S/C24H34FN5/c1-28-16-22(21-4-3-20(15-23(21)28)30-12-2-9-27-18-30)19-5-13-29(14-6-19)17-24(25)7-10-26-11-8-24/h2-4,12,15-16,19,26-27H,5-11,13-14,17-18H2,1H3/i9D,18D. The number of rotatable bonds is 4. The van der Waals surface area contributed by atoms with Crippen LogP contribution in [0.4, 0.5) is 10.1 Å². The fourth-order valence-electron chi connectivity index (χ4n) is 5.24. The molecule has 2 unspecified atom stereocenters. The first-order chi connectivity index (χ1) is 15.4. The van der Waals surface area contributed by atoms with Crippen molar-refractivity contribution in [1.29, 1.82) is 0 Å². The molecule has 0 spiro atoms. The van der Waals surface area contributed by atoms with E-state index in [2.05, 4.69) is 51.5 Å². The lowest BCUT2D eigenvalue weighted by Crippen LogP contribution is -2.48. The van der Waals surface area contributed by atoms with Crippen molar-refractivity contribution in [2.24, 2.45) is 7.05 Å². The van der Waals surface area contributed by atoms with Crippen LogP contribution < -0.4 is 15.5 Å². The van der Waals surface area contributed by atoms with Crippen molar-refractivity contribution in [2.45, 2.75) is 37.3 Å². The summed E-state index contributed by atoms with van der Waals surface area (Å²) in [6, 6.07) is 6.38. The number of alkyl halides is 1. The van der Waals surface area contributed by atoms with E-state index in [9.17, 15) is 0 Å². The lowest BCUT2D eigenvalue weighted by molar-refractivity contribution is 0.0510. The van der Waals surface area contributed by atoms with Crippen molar-refractivity contribution >= 4 is 16.6 Å². The quantitative estimate of drug-likeness (QED) is 0.806. The second kappa shape index (κ2) is 8.33. The summed E-state index contributed by atoms with van der Waals surface area (Å²) in [7, 11) is 2.08. The molecule has 2 atom stereocenters. The number of hydrogen-bond donors (Lipinski definition) is 2. The molecular weight excluding hydrogens is 377 g/mol. The predicted octanol–water partition coefficient (Wildman–Crippen LogP) is 3.33. The van der Waals surface area contributed by atoms with Gasteiger partial charge in [0.1, 0.15) is 5.67 Å². The van der Waals surface area contributed by atoms with Gasteiger partial charge in [0, 0.05) is 45.0 Å². The summed E-state index contributed by atoms with van der Waals surface area (Å²) in [5, 5.41) is 7.45. The molecule has 6 heteroatoms. The lowest BCUT2D eigenvalue weighted by atomic mass is 9.87. The zero-order valence-corrected chi connectivity index (χ0v) is 17.8. The number of hydrogen-bond acceptors (Lipinski definition) is 4. The second-order valence-corrected chi connectivity index (χ2v) is 9.06. The molecule has 30 heavy (non-hydrogen) atoms. The van der Waals surface area contributed by atoms with E-state index in [1.165, 1.54) is 10.9 Å². The first kappa shape index (κ1) is 17.8. The van der Waals surface area contributed by atoms with E-state index >= 15 is 4.39 Å². The fraction of sp³-hybridized carbons (Fsp3) is 0.583. The summed E-state index contributed by atoms with van der Waals surface area (Å²) in [4.78, 5) is 4.18. The van der Waals surface area contributed by atoms with Gasteiger partial charge in [0.25, 0.3) is 0 Å². The molecule has 5 rings (SSSR count). The highest BCUT2D eigenvalue weighted by atomic mass is 19.1. The Labute approximate surface area is 181 Å². The number of halogens is 1. The van der Waals surface area contributed by atoms with Crippen LogP contribution in [-0.2, 0) is 7.05 Å². The minimum atomic E-state index is -1.03. The van der Waals surface area contributed by atoms with Crippen LogP contribution >= 0.6 is 0 Å². The molecule has 5 nitrogen and oxygen atoms in total. The molecule has 1 aromatic carbocycles. The first-order valence-electron chi connectivity index (χ1n) is 12.4. The summed E-state index contributed by atoms with van der Waals surface area (Å²) in [5.74, 6) is 0.494. The number of benzene rings is 1. The molecule has 4 heterocycles. The maximum atomic E-state index is 15.1. The Balaban J connectivity index is 1.30. The molecule has 3 aliphatic heterocycles. The summed E-state index contributed by atoms with van der Waals surface area (Å²) in [6.45, 7) is 2.87. The summed E-state index contributed by atoms with van der Waals surface area (Å²) in [6.07, 6.45) is 9.21. The van der Waals surface area contributed by atoms with Crippen LogP contribution in [0.2, 0.25) is 0 Å². The van der Waals surface area contributed by atoms with Gasteiger partial charge in [0.2, 0.25) is 0 Å².